The Balaban J connectivity index is 0.000000354. The summed E-state index contributed by atoms with van der Waals surface area (Å²) in [5.41, 5.74) is -0.0839. The Morgan fingerprint density at radius 1 is 1.42 bits per heavy atom. The van der Waals surface area contributed by atoms with Gasteiger partial charge in [-0.3, -0.25) is 0 Å². The third-order valence-electron chi connectivity index (χ3n) is 1.49. The normalized spacial score (nSPS) is 26.3. The highest BCUT2D eigenvalue weighted by Gasteiger charge is 2.18. The van der Waals surface area contributed by atoms with Crippen LogP contribution in [-0.4, -0.2) is 5.60 Å². The SMILES string of the molecule is CC1(OP)C=CC=CC1.CCC. The third kappa shape index (κ3) is 4.69. The summed E-state index contributed by atoms with van der Waals surface area (Å²) >= 11 is 0. The van der Waals surface area contributed by atoms with Crippen molar-refractivity contribution in [3.8, 4) is 0 Å². The van der Waals surface area contributed by atoms with E-state index in [0.717, 1.165) is 6.42 Å². The average Bonchev–Trinajstić information content (AvgIpc) is 2.07. The minimum Gasteiger partial charge on any atom is -0.355 e. The molecule has 0 saturated carbocycles. The molecule has 0 spiro atoms. The van der Waals surface area contributed by atoms with E-state index in [2.05, 4.69) is 42.4 Å². The lowest BCUT2D eigenvalue weighted by Gasteiger charge is -2.23. The van der Waals surface area contributed by atoms with Crippen molar-refractivity contribution in [3.63, 3.8) is 0 Å². The topological polar surface area (TPSA) is 9.23 Å². The minimum atomic E-state index is -0.0839. The lowest BCUT2D eigenvalue weighted by atomic mass is 9.98. The zero-order valence-electron chi connectivity index (χ0n) is 8.21. The van der Waals surface area contributed by atoms with Crippen molar-refractivity contribution in [2.24, 2.45) is 0 Å². The van der Waals surface area contributed by atoms with Crippen molar-refractivity contribution in [1.29, 1.82) is 0 Å². The maximum atomic E-state index is 5.16. The number of hydrogen-bond acceptors (Lipinski definition) is 1. The first kappa shape index (κ1) is 11.9. The highest BCUT2D eigenvalue weighted by Crippen LogP contribution is 2.23. The molecule has 12 heavy (non-hydrogen) atoms. The van der Waals surface area contributed by atoms with E-state index in [0.29, 0.717) is 0 Å². The summed E-state index contributed by atoms with van der Waals surface area (Å²) < 4.78 is 5.16. The van der Waals surface area contributed by atoms with E-state index >= 15 is 0 Å². The van der Waals surface area contributed by atoms with Crippen molar-refractivity contribution >= 4 is 9.47 Å². The van der Waals surface area contributed by atoms with E-state index in [1.165, 1.54) is 6.42 Å². The predicted molar refractivity (Wildman–Crippen MR) is 58.1 cm³/mol. The van der Waals surface area contributed by atoms with Crippen molar-refractivity contribution in [1.82, 2.24) is 0 Å². The van der Waals surface area contributed by atoms with Gasteiger partial charge in [-0.25, -0.2) is 0 Å². The third-order valence-corrected chi connectivity index (χ3v) is 2.03. The first-order chi connectivity index (χ1) is 5.68. The molecule has 1 nitrogen and oxygen atoms in total. The average molecular weight is 186 g/mol. The first-order valence-corrected chi connectivity index (χ1v) is 4.88. The van der Waals surface area contributed by atoms with Gasteiger partial charge in [0.05, 0.1) is 5.60 Å². The Morgan fingerprint density at radius 3 is 2.25 bits per heavy atom. The molecule has 0 fully saturated rings. The Morgan fingerprint density at radius 2 is 2.00 bits per heavy atom. The second-order valence-electron chi connectivity index (χ2n) is 3.13. The minimum absolute atomic E-state index is 0.0839. The van der Waals surface area contributed by atoms with Crippen LogP contribution in [0, 0.1) is 0 Å². The molecule has 1 aliphatic carbocycles. The summed E-state index contributed by atoms with van der Waals surface area (Å²) in [5, 5.41) is 0. The highest BCUT2D eigenvalue weighted by atomic mass is 31.0. The smallest absolute Gasteiger partial charge is 0.0907 e. The molecule has 0 amide bonds. The predicted octanol–water partition coefficient (Wildman–Crippen LogP) is 3.48. The fourth-order valence-electron chi connectivity index (χ4n) is 0.795. The van der Waals surface area contributed by atoms with Crippen LogP contribution in [0.5, 0.6) is 0 Å². The number of allylic oxidation sites excluding steroid dienone is 2. The molecule has 0 N–H and O–H groups in total. The van der Waals surface area contributed by atoms with Gasteiger partial charge in [-0.2, -0.15) is 0 Å². The maximum absolute atomic E-state index is 5.16. The maximum Gasteiger partial charge on any atom is 0.0907 e. The monoisotopic (exact) mass is 186 g/mol. The summed E-state index contributed by atoms with van der Waals surface area (Å²) in [4.78, 5) is 0. The van der Waals surface area contributed by atoms with Crippen molar-refractivity contribution < 1.29 is 4.52 Å². The van der Waals surface area contributed by atoms with E-state index in [-0.39, 0.29) is 5.60 Å². The van der Waals surface area contributed by atoms with Gasteiger partial charge in [0, 0.05) is 9.47 Å². The molecule has 0 bridgehead atoms. The summed E-state index contributed by atoms with van der Waals surface area (Å²) in [7, 11) is 2.29. The molecule has 1 rings (SSSR count). The van der Waals surface area contributed by atoms with Gasteiger partial charge < -0.3 is 4.52 Å². The van der Waals surface area contributed by atoms with Crippen molar-refractivity contribution in [2.45, 2.75) is 39.2 Å². The molecule has 2 atom stereocenters. The lowest BCUT2D eigenvalue weighted by molar-refractivity contribution is 0.175. The molecule has 0 aromatic rings. The van der Waals surface area contributed by atoms with Gasteiger partial charge in [0.1, 0.15) is 0 Å². The van der Waals surface area contributed by atoms with Gasteiger partial charge in [0.15, 0.2) is 0 Å². The number of hydrogen-bond donors (Lipinski definition) is 0. The van der Waals surface area contributed by atoms with Gasteiger partial charge >= 0.3 is 0 Å². The van der Waals surface area contributed by atoms with Gasteiger partial charge in [-0.1, -0.05) is 44.6 Å². The first-order valence-electron chi connectivity index (χ1n) is 4.40. The number of rotatable bonds is 1. The van der Waals surface area contributed by atoms with E-state index < -0.39 is 0 Å². The van der Waals surface area contributed by atoms with Crippen molar-refractivity contribution in [3.05, 3.63) is 24.3 Å². The van der Waals surface area contributed by atoms with Crippen LogP contribution in [0.1, 0.15) is 33.6 Å². The largest absolute Gasteiger partial charge is 0.355 e. The van der Waals surface area contributed by atoms with E-state index in [9.17, 15) is 0 Å². The zero-order chi connectivity index (χ0) is 9.45. The van der Waals surface area contributed by atoms with Crippen LogP contribution in [0.3, 0.4) is 0 Å². The van der Waals surface area contributed by atoms with Crippen LogP contribution in [0.15, 0.2) is 24.3 Å². The molecular weight excluding hydrogens is 167 g/mol. The Labute approximate surface area is 78.2 Å². The van der Waals surface area contributed by atoms with Crippen LogP contribution in [0.4, 0.5) is 0 Å². The molecule has 0 aliphatic heterocycles. The molecule has 2 heteroatoms. The van der Waals surface area contributed by atoms with Crippen LogP contribution < -0.4 is 0 Å². The van der Waals surface area contributed by atoms with Crippen LogP contribution in [0.25, 0.3) is 0 Å². The molecule has 70 valence electrons. The molecular formula is C10H19OP. The fraction of sp³-hybridized carbons (Fsp3) is 0.600. The molecule has 2 unspecified atom stereocenters. The second-order valence-corrected chi connectivity index (χ2v) is 3.36. The lowest BCUT2D eigenvalue weighted by Crippen LogP contribution is -2.21. The Hall–Kier alpha value is -0.130. The van der Waals surface area contributed by atoms with Crippen LogP contribution in [0.2, 0.25) is 0 Å². The van der Waals surface area contributed by atoms with Crippen LogP contribution in [-0.2, 0) is 4.52 Å². The molecule has 0 saturated heterocycles. The zero-order valence-corrected chi connectivity index (χ0v) is 9.36. The van der Waals surface area contributed by atoms with Gasteiger partial charge in [-0.15, -0.1) is 0 Å². The molecule has 1 aliphatic rings. The van der Waals surface area contributed by atoms with Crippen molar-refractivity contribution in [2.75, 3.05) is 0 Å². The summed E-state index contributed by atoms with van der Waals surface area (Å²) in [6.07, 6.45) is 10.4. The quantitative estimate of drug-likeness (QED) is 0.569. The van der Waals surface area contributed by atoms with E-state index in [4.69, 9.17) is 4.52 Å². The standard InChI is InChI=1S/C7H11OP.C3H8/c1-7(8-9)5-3-2-4-6-7;1-3-2/h2-5H,6,9H2,1H3;3H2,1-2H3. The van der Waals surface area contributed by atoms with Crippen LogP contribution >= 0.6 is 9.47 Å². The summed E-state index contributed by atoms with van der Waals surface area (Å²) in [6.45, 7) is 6.31. The van der Waals surface area contributed by atoms with E-state index in [1.807, 2.05) is 12.2 Å². The summed E-state index contributed by atoms with van der Waals surface area (Å²) in [5.74, 6) is 0. The Kier molecular flexibility index (Phi) is 6.32. The second kappa shape index (κ2) is 6.39. The summed E-state index contributed by atoms with van der Waals surface area (Å²) in [6, 6.07) is 0. The van der Waals surface area contributed by atoms with Gasteiger partial charge in [0.2, 0.25) is 0 Å². The molecule has 0 aromatic heterocycles. The van der Waals surface area contributed by atoms with Gasteiger partial charge in [0.25, 0.3) is 0 Å². The Bertz CT molecular complexity index is 163. The fourth-order valence-corrected chi connectivity index (χ4v) is 0.970. The highest BCUT2D eigenvalue weighted by molar-refractivity contribution is 7.09. The molecule has 0 radical (unpaired) electrons. The van der Waals surface area contributed by atoms with Gasteiger partial charge in [-0.05, 0) is 13.3 Å². The van der Waals surface area contributed by atoms with E-state index in [1.54, 1.807) is 0 Å². The molecule has 0 heterocycles. The molecule has 0 aromatic carbocycles.